The average Bonchev–Trinajstić information content (AvgIpc) is 2.84. The molecule has 6 heteroatoms. The zero-order valence-corrected chi connectivity index (χ0v) is 18.7. The van der Waals surface area contributed by atoms with Gasteiger partial charge in [-0.3, -0.25) is 9.69 Å². The minimum atomic E-state index is -0.712. The molecule has 6 nitrogen and oxygen atoms in total. The van der Waals surface area contributed by atoms with Gasteiger partial charge < -0.3 is 19.3 Å². The number of rotatable bonds is 7. The van der Waals surface area contributed by atoms with E-state index in [1.54, 1.807) is 21.3 Å². The highest BCUT2D eigenvalue weighted by atomic mass is 16.5. The summed E-state index contributed by atoms with van der Waals surface area (Å²) in [4.78, 5) is 13.8. The number of nitrogens with zero attached hydrogens (tertiary/aromatic N) is 1. The number of ether oxygens (including phenoxy) is 3. The Morgan fingerprint density at radius 2 is 1.50 bits per heavy atom. The highest BCUT2D eigenvalue weighted by molar-refractivity contribution is 5.83. The molecule has 168 valence electrons. The maximum absolute atomic E-state index is 11.5. The van der Waals surface area contributed by atoms with Crippen molar-refractivity contribution in [1.29, 1.82) is 0 Å². The fourth-order valence-electron chi connectivity index (χ4n) is 4.64. The summed E-state index contributed by atoms with van der Waals surface area (Å²) < 4.78 is 16.8. The second-order valence-electron chi connectivity index (χ2n) is 8.11. The number of benzene rings is 3. The van der Waals surface area contributed by atoms with Gasteiger partial charge in [-0.1, -0.05) is 36.4 Å². The lowest BCUT2D eigenvalue weighted by Gasteiger charge is -2.37. The van der Waals surface area contributed by atoms with E-state index in [0.29, 0.717) is 43.2 Å². The van der Waals surface area contributed by atoms with Crippen LogP contribution >= 0.6 is 0 Å². The van der Waals surface area contributed by atoms with Crippen molar-refractivity contribution in [2.75, 3.05) is 34.4 Å². The summed E-state index contributed by atoms with van der Waals surface area (Å²) >= 11 is 0. The smallest absolute Gasteiger partial charge is 0.306 e. The Morgan fingerprint density at radius 1 is 0.875 bits per heavy atom. The Balaban J connectivity index is 1.83. The maximum atomic E-state index is 11.5. The summed E-state index contributed by atoms with van der Waals surface area (Å²) in [6.07, 6.45) is 1.24. The van der Waals surface area contributed by atoms with Crippen molar-refractivity contribution in [2.24, 2.45) is 5.92 Å². The van der Waals surface area contributed by atoms with Gasteiger partial charge in [0, 0.05) is 11.6 Å². The van der Waals surface area contributed by atoms with Crippen LogP contribution in [-0.2, 0) is 4.79 Å². The molecule has 1 N–H and O–H groups in total. The van der Waals surface area contributed by atoms with E-state index in [4.69, 9.17) is 14.2 Å². The first-order valence-corrected chi connectivity index (χ1v) is 10.8. The van der Waals surface area contributed by atoms with Gasteiger partial charge >= 0.3 is 5.97 Å². The molecule has 1 unspecified atom stereocenters. The predicted octanol–water partition coefficient (Wildman–Crippen LogP) is 4.75. The van der Waals surface area contributed by atoms with Gasteiger partial charge in [0.25, 0.3) is 0 Å². The van der Waals surface area contributed by atoms with Gasteiger partial charge in [0.2, 0.25) is 0 Å². The molecule has 0 aliphatic carbocycles. The van der Waals surface area contributed by atoms with Gasteiger partial charge in [-0.25, -0.2) is 0 Å². The number of carbonyl (C=O) groups is 1. The first-order chi connectivity index (χ1) is 15.5. The Labute approximate surface area is 188 Å². The fourth-order valence-corrected chi connectivity index (χ4v) is 4.64. The second kappa shape index (κ2) is 9.49. The van der Waals surface area contributed by atoms with E-state index in [-0.39, 0.29) is 12.0 Å². The van der Waals surface area contributed by atoms with Crippen molar-refractivity contribution < 1.29 is 24.1 Å². The van der Waals surface area contributed by atoms with Crippen LogP contribution in [-0.4, -0.2) is 50.4 Å². The number of likely N-dealkylation sites (tertiary alicyclic amines) is 1. The topological polar surface area (TPSA) is 68.2 Å². The zero-order chi connectivity index (χ0) is 22.7. The summed E-state index contributed by atoms with van der Waals surface area (Å²) in [6, 6.07) is 18.5. The monoisotopic (exact) mass is 435 g/mol. The van der Waals surface area contributed by atoms with Crippen molar-refractivity contribution in [3.8, 4) is 17.2 Å². The molecule has 0 saturated carbocycles. The molecular weight excluding hydrogens is 406 g/mol. The van der Waals surface area contributed by atoms with E-state index < -0.39 is 5.97 Å². The van der Waals surface area contributed by atoms with E-state index in [0.717, 1.165) is 16.5 Å². The molecule has 0 amide bonds. The molecule has 4 rings (SSSR count). The largest absolute Gasteiger partial charge is 0.496 e. The molecule has 0 spiro atoms. The van der Waals surface area contributed by atoms with Crippen LogP contribution in [0.1, 0.15) is 30.0 Å². The molecule has 3 aromatic rings. The normalized spacial score (nSPS) is 16.0. The van der Waals surface area contributed by atoms with Crippen molar-refractivity contribution in [3.05, 3.63) is 65.7 Å². The van der Waals surface area contributed by atoms with Crippen LogP contribution in [0, 0.1) is 5.92 Å². The number of carboxylic acid groups (broad SMARTS) is 1. The highest BCUT2D eigenvalue weighted by Gasteiger charge is 2.32. The van der Waals surface area contributed by atoms with Crippen molar-refractivity contribution in [1.82, 2.24) is 4.90 Å². The fraction of sp³-hybridized carbons (Fsp3) is 0.346. The third-order valence-corrected chi connectivity index (χ3v) is 6.36. The average molecular weight is 436 g/mol. The SMILES string of the molecule is COc1cc(OC)c(C(c2ccc3ccccc3c2)N2CCC(C(=O)O)CC2)cc1OC. The number of hydrogen-bond acceptors (Lipinski definition) is 5. The van der Waals surface area contributed by atoms with Crippen LogP contribution in [0.25, 0.3) is 10.8 Å². The molecule has 0 radical (unpaired) electrons. The Bertz CT molecular complexity index is 1100. The van der Waals surface area contributed by atoms with Crippen LogP contribution < -0.4 is 14.2 Å². The molecule has 1 atom stereocenters. The minimum absolute atomic E-state index is 0.107. The first-order valence-electron chi connectivity index (χ1n) is 10.8. The Hall–Kier alpha value is -3.25. The number of hydrogen-bond donors (Lipinski definition) is 1. The van der Waals surface area contributed by atoms with Crippen LogP contribution in [0.3, 0.4) is 0 Å². The zero-order valence-electron chi connectivity index (χ0n) is 18.7. The third kappa shape index (κ3) is 4.23. The van der Waals surface area contributed by atoms with Crippen LogP contribution in [0.2, 0.25) is 0 Å². The molecule has 32 heavy (non-hydrogen) atoms. The molecular formula is C26H29NO5. The van der Waals surface area contributed by atoms with Crippen LogP contribution in [0.4, 0.5) is 0 Å². The molecule has 1 aliphatic rings. The van der Waals surface area contributed by atoms with E-state index in [9.17, 15) is 9.90 Å². The number of fused-ring (bicyclic) bond motifs is 1. The first kappa shape index (κ1) is 22.0. The van der Waals surface area contributed by atoms with Gasteiger partial charge in [0.05, 0.1) is 33.3 Å². The number of methoxy groups -OCH3 is 3. The quantitative estimate of drug-likeness (QED) is 0.578. The maximum Gasteiger partial charge on any atom is 0.306 e. The highest BCUT2D eigenvalue weighted by Crippen LogP contribution is 2.43. The Morgan fingerprint density at radius 3 is 2.12 bits per heavy atom. The van der Waals surface area contributed by atoms with Crippen LogP contribution in [0.5, 0.6) is 17.2 Å². The van der Waals surface area contributed by atoms with Gasteiger partial charge in [0.1, 0.15) is 5.75 Å². The molecule has 1 aliphatic heterocycles. The predicted molar refractivity (Wildman–Crippen MR) is 124 cm³/mol. The number of piperidine rings is 1. The lowest BCUT2D eigenvalue weighted by molar-refractivity contribution is -0.143. The van der Waals surface area contributed by atoms with Crippen molar-refractivity contribution in [3.63, 3.8) is 0 Å². The summed E-state index contributed by atoms with van der Waals surface area (Å²) in [5.74, 6) is 0.942. The molecule has 0 aromatic heterocycles. The molecule has 1 heterocycles. The van der Waals surface area contributed by atoms with Gasteiger partial charge in [-0.05, 0) is 54.4 Å². The number of aliphatic carboxylic acids is 1. The molecule has 0 bridgehead atoms. The van der Waals surface area contributed by atoms with Crippen molar-refractivity contribution >= 4 is 16.7 Å². The standard InChI is InChI=1S/C26H29NO5/c1-30-22-16-24(32-3)23(31-2)15-21(22)25(27-12-10-18(11-13-27)26(28)29)20-9-8-17-6-4-5-7-19(17)14-20/h4-9,14-16,18,25H,10-13H2,1-3H3,(H,28,29). The summed E-state index contributed by atoms with van der Waals surface area (Å²) in [7, 11) is 4.88. The lowest BCUT2D eigenvalue weighted by Crippen LogP contribution is -2.39. The summed E-state index contributed by atoms with van der Waals surface area (Å²) in [6.45, 7) is 1.37. The third-order valence-electron chi connectivity index (χ3n) is 6.36. The van der Waals surface area contributed by atoms with Gasteiger partial charge in [-0.15, -0.1) is 0 Å². The molecule has 1 fully saturated rings. The minimum Gasteiger partial charge on any atom is -0.496 e. The van der Waals surface area contributed by atoms with E-state index in [1.165, 1.54) is 5.39 Å². The Kier molecular flexibility index (Phi) is 6.51. The van der Waals surface area contributed by atoms with E-state index in [1.807, 2.05) is 24.3 Å². The lowest BCUT2D eigenvalue weighted by atomic mass is 9.90. The van der Waals surface area contributed by atoms with Crippen LogP contribution in [0.15, 0.2) is 54.6 Å². The number of carboxylic acids is 1. The van der Waals surface area contributed by atoms with Gasteiger partial charge in [0.15, 0.2) is 11.5 Å². The summed E-state index contributed by atoms with van der Waals surface area (Å²) in [5, 5.41) is 11.8. The van der Waals surface area contributed by atoms with E-state index >= 15 is 0 Å². The molecule has 1 saturated heterocycles. The molecule has 3 aromatic carbocycles. The van der Waals surface area contributed by atoms with E-state index in [2.05, 4.69) is 35.2 Å². The van der Waals surface area contributed by atoms with Gasteiger partial charge in [-0.2, -0.15) is 0 Å². The second-order valence-corrected chi connectivity index (χ2v) is 8.11. The summed E-state index contributed by atoms with van der Waals surface area (Å²) in [5.41, 5.74) is 2.09. The van der Waals surface area contributed by atoms with Crippen molar-refractivity contribution in [2.45, 2.75) is 18.9 Å².